The lowest BCUT2D eigenvalue weighted by Gasteiger charge is -2.25. The van der Waals surface area contributed by atoms with Crippen LogP contribution >= 0.6 is 0 Å². The summed E-state index contributed by atoms with van der Waals surface area (Å²) in [4.78, 5) is 61.6. The Balaban J connectivity index is 2.07. The van der Waals surface area contributed by atoms with E-state index >= 15 is 0 Å². The Labute approximate surface area is 238 Å². The van der Waals surface area contributed by atoms with Gasteiger partial charge in [-0.05, 0) is 36.5 Å². The minimum absolute atomic E-state index is 0.0869. The zero-order chi connectivity index (χ0) is 30.4. The number of aromatic hydroxyl groups is 1. The monoisotopic (exact) mass is 571 g/mol. The lowest BCUT2D eigenvalue weighted by molar-refractivity contribution is -0.134. The predicted octanol–water partition coefficient (Wildman–Crippen LogP) is 1.41. The molecule has 222 valence electrons. The number of nitrogens with two attached hydrogens (primary N) is 1. The van der Waals surface area contributed by atoms with Crippen LogP contribution in [-0.2, 0) is 30.5 Å². The summed E-state index contributed by atoms with van der Waals surface area (Å²) < 4.78 is 10.0. The van der Waals surface area contributed by atoms with Crippen LogP contribution in [0.4, 0.5) is 10.5 Å². The average Bonchev–Trinajstić information content (AvgIpc) is 2.93. The van der Waals surface area contributed by atoms with E-state index in [0.29, 0.717) is 6.42 Å². The van der Waals surface area contributed by atoms with Crippen molar-refractivity contribution in [1.29, 1.82) is 0 Å². The van der Waals surface area contributed by atoms with E-state index in [1.165, 1.54) is 25.3 Å². The molecule has 2 aromatic carbocycles. The number of urea groups is 1. The van der Waals surface area contributed by atoms with Gasteiger partial charge in [0.2, 0.25) is 17.7 Å². The first kappa shape index (κ1) is 32.6. The summed E-state index contributed by atoms with van der Waals surface area (Å²) in [5.74, 6) is -3.19. The molecule has 0 saturated heterocycles. The molecule has 0 bridgehead atoms. The summed E-state index contributed by atoms with van der Waals surface area (Å²) in [6.07, 6.45) is 0.406. The minimum atomic E-state index is -1.08. The summed E-state index contributed by atoms with van der Waals surface area (Å²) >= 11 is 0. The Morgan fingerprint density at radius 3 is 2.29 bits per heavy atom. The van der Waals surface area contributed by atoms with Crippen LogP contribution in [0, 0.1) is 5.92 Å². The topological polar surface area (TPSA) is 198 Å². The molecule has 2 atom stereocenters. The third kappa shape index (κ3) is 11.2. The van der Waals surface area contributed by atoms with Gasteiger partial charge >= 0.3 is 12.0 Å². The van der Waals surface area contributed by atoms with E-state index in [9.17, 15) is 29.1 Å². The number of hydrogen-bond donors (Lipinski definition) is 6. The summed E-state index contributed by atoms with van der Waals surface area (Å²) in [6.45, 7) is 3.61. The second-order valence-corrected chi connectivity index (χ2v) is 9.47. The lowest BCUT2D eigenvalue weighted by atomic mass is 10.0. The standard InChI is InChI=1S/C28H37N5O8/c1-17(2)24(33-23(35)16-41-15-18-8-5-4-6-9-18)26(37)32-21(10-7-13-30-28(29)39)25(36)31-19-11-12-20(22(34)14-19)27(38)40-3/h4-6,8-9,11-12,14,17,21,24,34H,7,10,13,15-16H2,1-3H3,(H,31,36)(H,32,37)(H,33,35)(H3,29,30,39)/t21-,24-/m0/s1. The van der Waals surface area contributed by atoms with Gasteiger partial charge in [-0.1, -0.05) is 44.2 Å². The summed E-state index contributed by atoms with van der Waals surface area (Å²) in [6, 6.07) is 10.4. The fraction of sp³-hybridized carbons (Fsp3) is 0.393. The first-order chi connectivity index (χ1) is 19.5. The van der Waals surface area contributed by atoms with Crippen molar-refractivity contribution in [3.8, 4) is 5.75 Å². The van der Waals surface area contributed by atoms with Gasteiger partial charge in [0.05, 0.1) is 13.7 Å². The number of anilines is 1. The van der Waals surface area contributed by atoms with Crippen LogP contribution < -0.4 is 27.0 Å². The first-order valence-corrected chi connectivity index (χ1v) is 13.0. The highest BCUT2D eigenvalue weighted by atomic mass is 16.5. The van der Waals surface area contributed by atoms with E-state index in [1.807, 2.05) is 30.3 Å². The number of ether oxygens (including phenoxy) is 2. The van der Waals surface area contributed by atoms with E-state index in [0.717, 1.165) is 5.56 Å². The fourth-order valence-corrected chi connectivity index (χ4v) is 3.76. The molecule has 0 aliphatic rings. The van der Waals surface area contributed by atoms with Crippen molar-refractivity contribution >= 4 is 35.4 Å². The Morgan fingerprint density at radius 1 is 0.976 bits per heavy atom. The van der Waals surface area contributed by atoms with Crippen LogP contribution in [-0.4, -0.2) is 67.2 Å². The number of phenolic OH excluding ortho intramolecular Hbond substituents is 1. The predicted molar refractivity (Wildman–Crippen MR) is 150 cm³/mol. The van der Waals surface area contributed by atoms with Gasteiger partial charge in [-0.15, -0.1) is 0 Å². The van der Waals surface area contributed by atoms with Crippen molar-refractivity contribution in [1.82, 2.24) is 16.0 Å². The molecule has 5 amide bonds. The molecule has 0 unspecified atom stereocenters. The first-order valence-electron chi connectivity index (χ1n) is 13.0. The number of methoxy groups -OCH3 is 1. The van der Waals surface area contributed by atoms with Crippen LogP contribution in [0.1, 0.15) is 42.6 Å². The Hall–Kier alpha value is -4.65. The number of esters is 1. The quantitative estimate of drug-likeness (QED) is 0.136. The molecule has 0 spiro atoms. The number of carbonyl (C=O) groups is 5. The lowest BCUT2D eigenvalue weighted by Crippen LogP contribution is -2.55. The zero-order valence-corrected chi connectivity index (χ0v) is 23.3. The molecule has 2 rings (SSSR count). The molecule has 0 fully saturated rings. The number of phenols is 1. The van der Waals surface area contributed by atoms with Gasteiger partial charge < -0.3 is 41.6 Å². The highest BCUT2D eigenvalue weighted by Crippen LogP contribution is 2.23. The van der Waals surface area contributed by atoms with Crippen molar-refractivity contribution in [2.45, 2.75) is 45.4 Å². The number of rotatable bonds is 15. The molecule has 0 aliphatic heterocycles. The molecule has 13 nitrogen and oxygen atoms in total. The second-order valence-electron chi connectivity index (χ2n) is 9.47. The molecule has 2 aromatic rings. The van der Waals surface area contributed by atoms with Gasteiger partial charge in [-0.25, -0.2) is 9.59 Å². The van der Waals surface area contributed by atoms with E-state index in [1.54, 1.807) is 13.8 Å². The second kappa shape index (κ2) is 16.5. The number of carbonyl (C=O) groups excluding carboxylic acids is 5. The summed E-state index contributed by atoms with van der Waals surface area (Å²) in [5.41, 5.74) is 6.06. The van der Waals surface area contributed by atoms with E-state index in [2.05, 4.69) is 26.0 Å². The summed E-state index contributed by atoms with van der Waals surface area (Å²) in [7, 11) is 1.17. The number of hydrogen-bond acceptors (Lipinski definition) is 8. The molecule has 0 aliphatic carbocycles. The third-order valence-electron chi connectivity index (χ3n) is 5.88. The van der Waals surface area contributed by atoms with E-state index < -0.39 is 47.6 Å². The molecular weight excluding hydrogens is 534 g/mol. The van der Waals surface area contributed by atoms with Gasteiger partial charge in [-0.3, -0.25) is 14.4 Å². The van der Waals surface area contributed by atoms with Crippen molar-refractivity contribution in [3.05, 3.63) is 59.7 Å². The smallest absolute Gasteiger partial charge is 0.341 e. The molecule has 7 N–H and O–H groups in total. The molecule has 41 heavy (non-hydrogen) atoms. The normalized spacial score (nSPS) is 12.1. The third-order valence-corrected chi connectivity index (χ3v) is 5.88. The van der Waals surface area contributed by atoms with Crippen molar-refractivity contribution in [2.24, 2.45) is 11.7 Å². The SMILES string of the molecule is COC(=O)c1ccc(NC(=O)[C@H](CCCNC(N)=O)NC(=O)[C@@H](NC(=O)COCc2ccccc2)C(C)C)cc1O. The number of primary amides is 1. The van der Waals surface area contributed by atoms with Crippen molar-refractivity contribution < 1.29 is 38.6 Å². The number of nitrogens with one attached hydrogen (secondary N) is 4. The highest BCUT2D eigenvalue weighted by Gasteiger charge is 2.29. The molecule has 0 saturated carbocycles. The fourth-order valence-electron chi connectivity index (χ4n) is 3.76. The van der Waals surface area contributed by atoms with Crippen LogP contribution in [0.5, 0.6) is 5.75 Å². The zero-order valence-electron chi connectivity index (χ0n) is 23.3. The highest BCUT2D eigenvalue weighted by molar-refractivity contribution is 5.99. The maximum Gasteiger partial charge on any atom is 0.341 e. The minimum Gasteiger partial charge on any atom is -0.507 e. The molecular formula is C28H37N5O8. The van der Waals surface area contributed by atoms with Crippen molar-refractivity contribution in [3.63, 3.8) is 0 Å². The molecule has 0 heterocycles. The van der Waals surface area contributed by atoms with Gasteiger partial charge in [0.25, 0.3) is 0 Å². The average molecular weight is 572 g/mol. The molecule has 0 aromatic heterocycles. The number of amides is 5. The van der Waals surface area contributed by atoms with E-state index in [4.69, 9.17) is 10.5 Å². The molecule has 0 radical (unpaired) electrons. The maximum absolute atomic E-state index is 13.2. The Kier molecular flexibility index (Phi) is 13.1. The van der Waals surface area contributed by atoms with Crippen LogP contribution in [0.3, 0.4) is 0 Å². The van der Waals surface area contributed by atoms with Crippen LogP contribution in [0.25, 0.3) is 0 Å². The largest absolute Gasteiger partial charge is 0.507 e. The Bertz CT molecular complexity index is 1210. The van der Waals surface area contributed by atoms with Crippen molar-refractivity contribution in [2.75, 3.05) is 25.6 Å². The molecule has 13 heteroatoms. The maximum atomic E-state index is 13.2. The van der Waals surface area contributed by atoms with Gasteiger partial charge in [-0.2, -0.15) is 0 Å². The van der Waals surface area contributed by atoms with Crippen LogP contribution in [0.15, 0.2) is 48.5 Å². The van der Waals surface area contributed by atoms with Crippen LogP contribution in [0.2, 0.25) is 0 Å². The Morgan fingerprint density at radius 2 is 1.68 bits per heavy atom. The van der Waals surface area contributed by atoms with Gasteiger partial charge in [0.15, 0.2) is 0 Å². The van der Waals surface area contributed by atoms with Gasteiger partial charge in [0.1, 0.15) is 30.0 Å². The summed E-state index contributed by atoms with van der Waals surface area (Å²) in [5, 5.41) is 20.5. The van der Waals surface area contributed by atoms with Gasteiger partial charge in [0, 0.05) is 18.3 Å². The van der Waals surface area contributed by atoms with E-state index in [-0.39, 0.29) is 43.3 Å². The number of benzene rings is 2.